The summed E-state index contributed by atoms with van der Waals surface area (Å²) in [4.78, 5) is 25.3. The fourth-order valence-electron chi connectivity index (χ4n) is 2.71. The van der Waals surface area contributed by atoms with Crippen LogP contribution in [0.4, 0.5) is 10.5 Å². The van der Waals surface area contributed by atoms with E-state index in [4.69, 9.17) is 5.73 Å². The fourth-order valence-corrected chi connectivity index (χ4v) is 2.71. The minimum absolute atomic E-state index is 0.0839. The van der Waals surface area contributed by atoms with Gasteiger partial charge in [0.15, 0.2) is 0 Å². The highest BCUT2D eigenvalue weighted by molar-refractivity contribution is 5.95. The zero-order chi connectivity index (χ0) is 19.1. The summed E-state index contributed by atoms with van der Waals surface area (Å²) in [7, 11) is 3.99. The van der Waals surface area contributed by atoms with Crippen molar-refractivity contribution in [3.8, 4) is 0 Å². The summed E-state index contributed by atoms with van der Waals surface area (Å²) in [6.45, 7) is 2.63. The van der Waals surface area contributed by atoms with E-state index in [2.05, 4.69) is 46.7 Å². The minimum atomic E-state index is -0.634. The van der Waals surface area contributed by atoms with Crippen molar-refractivity contribution in [1.82, 2.24) is 10.2 Å². The lowest BCUT2D eigenvalue weighted by molar-refractivity contribution is 0.0942. The number of urea groups is 1. The SMILES string of the molecule is CCc1ccc(C(CNC(=O)c2ccc(NC(N)=O)cc2)N(C)C)cc1. The molecule has 2 aromatic rings. The van der Waals surface area contributed by atoms with Crippen LogP contribution in [-0.4, -0.2) is 37.5 Å². The topological polar surface area (TPSA) is 87.5 Å². The highest BCUT2D eigenvalue weighted by Crippen LogP contribution is 2.18. The average Bonchev–Trinajstić information content (AvgIpc) is 2.62. The molecule has 0 aliphatic heterocycles. The van der Waals surface area contributed by atoms with Gasteiger partial charge in [0, 0.05) is 17.8 Å². The van der Waals surface area contributed by atoms with Gasteiger partial charge in [-0.1, -0.05) is 31.2 Å². The van der Waals surface area contributed by atoms with Crippen molar-refractivity contribution >= 4 is 17.6 Å². The van der Waals surface area contributed by atoms with E-state index in [0.717, 1.165) is 12.0 Å². The zero-order valence-electron chi connectivity index (χ0n) is 15.5. The molecule has 0 heterocycles. The van der Waals surface area contributed by atoms with Crippen molar-refractivity contribution in [2.45, 2.75) is 19.4 Å². The van der Waals surface area contributed by atoms with Crippen molar-refractivity contribution in [3.63, 3.8) is 0 Å². The van der Waals surface area contributed by atoms with Gasteiger partial charge in [-0.2, -0.15) is 0 Å². The summed E-state index contributed by atoms with van der Waals surface area (Å²) in [6, 6.07) is 14.5. The molecule has 4 N–H and O–H groups in total. The first-order valence-electron chi connectivity index (χ1n) is 8.60. The summed E-state index contributed by atoms with van der Waals surface area (Å²) in [5, 5.41) is 5.44. The summed E-state index contributed by atoms with van der Waals surface area (Å²) in [5.74, 6) is -0.160. The van der Waals surface area contributed by atoms with Gasteiger partial charge in [-0.25, -0.2) is 4.79 Å². The van der Waals surface area contributed by atoms with Crippen LogP contribution >= 0.6 is 0 Å². The Balaban J connectivity index is 2.01. The van der Waals surface area contributed by atoms with Crippen LogP contribution in [0.2, 0.25) is 0 Å². The zero-order valence-corrected chi connectivity index (χ0v) is 15.5. The smallest absolute Gasteiger partial charge is 0.316 e. The summed E-state index contributed by atoms with van der Waals surface area (Å²) in [6.07, 6.45) is 1.00. The molecule has 0 saturated carbocycles. The molecule has 6 heteroatoms. The van der Waals surface area contributed by atoms with Crippen LogP contribution in [0.15, 0.2) is 48.5 Å². The number of hydrogen-bond acceptors (Lipinski definition) is 3. The molecule has 2 aromatic carbocycles. The largest absolute Gasteiger partial charge is 0.351 e. The number of likely N-dealkylation sites (N-methyl/N-ethyl adjacent to an activating group) is 1. The highest BCUT2D eigenvalue weighted by atomic mass is 16.2. The van der Waals surface area contributed by atoms with Crippen LogP contribution in [0.1, 0.15) is 34.5 Å². The van der Waals surface area contributed by atoms with Gasteiger partial charge in [-0.05, 0) is 55.9 Å². The highest BCUT2D eigenvalue weighted by Gasteiger charge is 2.16. The van der Waals surface area contributed by atoms with Gasteiger partial charge in [0.1, 0.15) is 0 Å². The molecule has 6 nitrogen and oxygen atoms in total. The summed E-state index contributed by atoms with van der Waals surface area (Å²) >= 11 is 0. The molecule has 0 radical (unpaired) electrons. The lowest BCUT2D eigenvalue weighted by Gasteiger charge is -2.25. The molecule has 1 unspecified atom stereocenters. The van der Waals surface area contributed by atoms with E-state index in [0.29, 0.717) is 17.8 Å². The first kappa shape index (κ1) is 19.5. The van der Waals surface area contributed by atoms with Crippen LogP contribution in [0.3, 0.4) is 0 Å². The molecule has 0 aliphatic rings. The number of nitrogens with two attached hydrogens (primary N) is 1. The second-order valence-electron chi connectivity index (χ2n) is 6.35. The van der Waals surface area contributed by atoms with Gasteiger partial charge in [-0.15, -0.1) is 0 Å². The number of primary amides is 1. The number of anilines is 1. The average molecular weight is 354 g/mol. The lowest BCUT2D eigenvalue weighted by atomic mass is 10.0. The number of nitrogens with zero attached hydrogens (tertiary/aromatic N) is 1. The van der Waals surface area contributed by atoms with E-state index in [9.17, 15) is 9.59 Å². The van der Waals surface area contributed by atoms with Crippen LogP contribution in [0.25, 0.3) is 0 Å². The van der Waals surface area contributed by atoms with Gasteiger partial charge in [0.2, 0.25) is 0 Å². The number of nitrogens with one attached hydrogen (secondary N) is 2. The Morgan fingerprint density at radius 3 is 2.15 bits per heavy atom. The predicted molar refractivity (Wildman–Crippen MR) is 104 cm³/mol. The minimum Gasteiger partial charge on any atom is -0.351 e. The third-order valence-electron chi connectivity index (χ3n) is 4.27. The van der Waals surface area contributed by atoms with Crippen molar-refractivity contribution in [1.29, 1.82) is 0 Å². The number of carbonyl (C=O) groups excluding carboxylic acids is 2. The Morgan fingerprint density at radius 1 is 1.04 bits per heavy atom. The predicted octanol–water partition coefficient (Wildman–Crippen LogP) is 2.77. The number of aryl methyl sites for hydroxylation is 1. The molecule has 138 valence electrons. The first-order valence-corrected chi connectivity index (χ1v) is 8.60. The maximum Gasteiger partial charge on any atom is 0.316 e. The second kappa shape index (κ2) is 9.01. The van der Waals surface area contributed by atoms with E-state index in [1.165, 1.54) is 5.56 Å². The van der Waals surface area contributed by atoms with Gasteiger partial charge in [-0.3, -0.25) is 4.79 Å². The second-order valence-corrected chi connectivity index (χ2v) is 6.35. The van der Waals surface area contributed by atoms with Gasteiger partial charge in [0.25, 0.3) is 5.91 Å². The number of amides is 3. The number of rotatable bonds is 7. The van der Waals surface area contributed by atoms with Crippen LogP contribution in [0, 0.1) is 0 Å². The Morgan fingerprint density at radius 2 is 1.65 bits per heavy atom. The number of benzene rings is 2. The molecule has 3 amide bonds. The van der Waals surface area contributed by atoms with Gasteiger partial charge >= 0.3 is 6.03 Å². The quantitative estimate of drug-likeness (QED) is 0.714. The summed E-state index contributed by atoms with van der Waals surface area (Å²) in [5.41, 5.74) is 8.60. The van der Waals surface area contributed by atoms with Crippen molar-refractivity contribution in [2.24, 2.45) is 5.73 Å². The Bertz CT molecular complexity index is 739. The molecule has 26 heavy (non-hydrogen) atoms. The summed E-state index contributed by atoms with van der Waals surface area (Å²) < 4.78 is 0. The van der Waals surface area contributed by atoms with Crippen molar-refractivity contribution in [3.05, 3.63) is 65.2 Å². The number of hydrogen-bond donors (Lipinski definition) is 3. The molecular formula is C20H26N4O2. The molecule has 2 rings (SSSR count). The molecule has 0 aliphatic carbocycles. The van der Waals surface area contributed by atoms with E-state index in [1.54, 1.807) is 24.3 Å². The molecule has 0 saturated heterocycles. The van der Waals surface area contributed by atoms with Gasteiger partial charge < -0.3 is 21.3 Å². The molecule has 0 bridgehead atoms. The Labute approximate surface area is 154 Å². The van der Waals surface area contributed by atoms with Crippen molar-refractivity contribution in [2.75, 3.05) is 26.0 Å². The van der Waals surface area contributed by atoms with Gasteiger partial charge in [0.05, 0.1) is 6.04 Å². The maximum absolute atomic E-state index is 12.4. The lowest BCUT2D eigenvalue weighted by Crippen LogP contribution is -2.34. The third-order valence-corrected chi connectivity index (χ3v) is 4.27. The van der Waals surface area contributed by atoms with E-state index in [-0.39, 0.29) is 11.9 Å². The van der Waals surface area contributed by atoms with Crippen LogP contribution in [0.5, 0.6) is 0 Å². The molecule has 1 atom stereocenters. The van der Waals surface area contributed by atoms with Crippen LogP contribution in [-0.2, 0) is 6.42 Å². The third kappa shape index (κ3) is 5.32. The van der Waals surface area contributed by atoms with E-state index < -0.39 is 6.03 Å². The maximum atomic E-state index is 12.4. The Hall–Kier alpha value is -2.86. The normalized spacial score (nSPS) is 11.8. The molecule has 0 spiro atoms. The monoisotopic (exact) mass is 354 g/mol. The van der Waals surface area contributed by atoms with Crippen LogP contribution < -0.4 is 16.4 Å². The standard InChI is InChI=1S/C20H26N4O2/c1-4-14-5-7-15(8-6-14)18(24(2)3)13-22-19(25)16-9-11-17(12-10-16)23-20(21)26/h5-12,18H,4,13H2,1-3H3,(H,22,25)(H3,21,23,26). The number of carbonyl (C=O) groups is 2. The molecular weight excluding hydrogens is 328 g/mol. The van der Waals surface area contributed by atoms with E-state index >= 15 is 0 Å². The first-order chi connectivity index (χ1) is 12.4. The fraction of sp³-hybridized carbons (Fsp3) is 0.300. The van der Waals surface area contributed by atoms with Crippen molar-refractivity contribution < 1.29 is 9.59 Å². The Kier molecular flexibility index (Phi) is 6.74. The van der Waals surface area contributed by atoms with E-state index in [1.807, 2.05) is 14.1 Å². The molecule has 0 fully saturated rings. The molecule has 0 aromatic heterocycles.